The first kappa shape index (κ1) is 34.6. The van der Waals surface area contributed by atoms with Crippen LogP contribution in [0.1, 0.15) is 73.8 Å². The van der Waals surface area contributed by atoms with E-state index in [9.17, 15) is 22.0 Å². The van der Waals surface area contributed by atoms with Gasteiger partial charge in [0.1, 0.15) is 11.6 Å². The maximum Gasteiger partial charge on any atom is 0.499 e. The molecule has 0 bridgehead atoms. The number of benzene rings is 2. The third kappa shape index (κ3) is 9.04. The van der Waals surface area contributed by atoms with Gasteiger partial charge in [0.2, 0.25) is 0 Å². The fourth-order valence-corrected chi connectivity index (χ4v) is 4.63. The molecule has 12 heteroatoms. The number of amidine groups is 1. The Bertz CT molecular complexity index is 1380. The number of halogens is 5. The number of hydrazine groups is 1. The number of hydrogen-bond acceptors (Lipinski definition) is 6. The minimum atomic E-state index is -5.79. The van der Waals surface area contributed by atoms with E-state index in [1.54, 1.807) is 0 Å². The van der Waals surface area contributed by atoms with Crippen LogP contribution < -0.4 is 26.7 Å². The number of aliphatic imine (C=N–C) groups is 1. The van der Waals surface area contributed by atoms with Crippen LogP contribution in [0, 0.1) is 5.92 Å². The lowest BCUT2D eigenvalue weighted by Crippen LogP contribution is -2.41. The SMILES string of the molecule is C/C=C(/NN)Nc1c(CC)cccc1C1(C)CC1.C=N/C(=N\Nc1ccc(OC(F)(F)C(F)(F)F)cc1)C1=CCC(C)CC1.[HH].[HH]. The van der Waals surface area contributed by atoms with E-state index >= 15 is 0 Å². The maximum absolute atomic E-state index is 12.8. The van der Waals surface area contributed by atoms with Gasteiger partial charge in [0.05, 0.1) is 5.69 Å². The molecule has 2 aliphatic rings. The first-order chi connectivity index (χ1) is 20.8. The summed E-state index contributed by atoms with van der Waals surface area (Å²) in [4.78, 5) is 3.87. The smallest absolute Gasteiger partial charge is 0.426 e. The van der Waals surface area contributed by atoms with Crippen LogP contribution in [0.2, 0.25) is 0 Å². The van der Waals surface area contributed by atoms with Gasteiger partial charge in [-0.05, 0) is 111 Å². The second kappa shape index (κ2) is 14.7. The average Bonchev–Trinajstić information content (AvgIpc) is 3.75. The zero-order valence-electron chi connectivity index (χ0n) is 25.5. The largest absolute Gasteiger partial charge is 0.499 e. The van der Waals surface area contributed by atoms with Crippen LogP contribution in [-0.4, -0.2) is 24.8 Å². The van der Waals surface area contributed by atoms with Gasteiger partial charge in [0.15, 0.2) is 5.84 Å². The molecule has 0 aromatic heterocycles. The van der Waals surface area contributed by atoms with E-state index in [-0.39, 0.29) is 2.85 Å². The highest BCUT2D eigenvalue weighted by Gasteiger charge is 2.61. The monoisotopic (exact) mass is 624 g/mol. The van der Waals surface area contributed by atoms with Gasteiger partial charge in [-0.15, -0.1) is 0 Å². The summed E-state index contributed by atoms with van der Waals surface area (Å²) in [6.45, 7) is 12.1. The van der Waals surface area contributed by atoms with Crippen LogP contribution in [0.3, 0.4) is 0 Å². The molecule has 0 aliphatic heterocycles. The number of nitrogens with one attached hydrogen (secondary N) is 3. The molecule has 0 amide bonds. The van der Waals surface area contributed by atoms with Crippen LogP contribution >= 0.6 is 0 Å². The highest BCUT2D eigenvalue weighted by molar-refractivity contribution is 6.01. The number of ether oxygens (including phenoxy) is 1. The van der Waals surface area contributed by atoms with Gasteiger partial charge in [-0.3, -0.25) is 5.43 Å². The molecule has 2 aromatic rings. The zero-order chi connectivity index (χ0) is 32.5. The van der Waals surface area contributed by atoms with Crippen LogP contribution in [-0.2, 0) is 11.8 Å². The Balaban J connectivity index is 0.000000467. The highest BCUT2D eigenvalue weighted by Crippen LogP contribution is 2.51. The summed E-state index contributed by atoms with van der Waals surface area (Å²) in [5.74, 6) is 6.76. The summed E-state index contributed by atoms with van der Waals surface area (Å²) in [7, 11) is 0. The molecule has 4 rings (SSSR count). The van der Waals surface area contributed by atoms with Gasteiger partial charge < -0.3 is 15.5 Å². The molecular weight excluding hydrogens is 579 g/mol. The normalized spacial score (nSPS) is 18.3. The van der Waals surface area contributed by atoms with Crippen molar-refractivity contribution in [1.29, 1.82) is 0 Å². The number of hydrogen-bond donors (Lipinski definition) is 4. The first-order valence-electron chi connectivity index (χ1n) is 14.5. The van der Waals surface area contributed by atoms with Crippen molar-refractivity contribution in [2.24, 2.45) is 21.9 Å². The van der Waals surface area contributed by atoms with Crippen LogP contribution in [0.25, 0.3) is 0 Å². The molecule has 0 heterocycles. The number of nitrogens with zero attached hydrogens (tertiary/aromatic N) is 2. The van der Waals surface area contributed by atoms with Gasteiger partial charge in [0.25, 0.3) is 0 Å². The Morgan fingerprint density at radius 2 is 1.84 bits per heavy atom. The minimum Gasteiger partial charge on any atom is -0.426 e. The Hall–Kier alpha value is -3.93. The maximum atomic E-state index is 12.8. The molecule has 1 atom stereocenters. The van der Waals surface area contributed by atoms with E-state index < -0.39 is 18.0 Å². The molecule has 2 aliphatic carbocycles. The van der Waals surface area contributed by atoms with Gasteiger partial charge in [0, 0.05) is 8.54 Å². The van der Waals surface area contributed by atoms with E-state index in [4.69, 9.17) is 5.84 Å². The number of aryl methyl sites for hydroxylation is 1. The third-order valence-electron chi connectivity index (χ3n) is 7.72. The van der Waals surface area contributed by atoms with Gasteiger partial charge in [-0.1, -0.05) is 45.0 Å². The predicted molar refractivity (Wildman–Crippen MR) is 171 cm³/mol. The van der Waals surface area contributed by atoms with Crippen LogP contribution in [0.4, 0.5) is 33.3 Å². The summed E-state index contributed by atoms with van der Waals surface area (Å²) in [5, 5.41) is 7.54. The highest BCUT2D eigenvalue weighted by atomic mass is 19.4. The summed E-state index contributed by atoms with van der Waals surface area (Å²) >= 11 is 0. The second-order valence-corrected chi connectivity index (χ2v) is 11.2. The van der Waals surface area contributed by atoms with Crippen molar-refractivity contribution in [3.63, 3.8) is 0 Å². The molecule has 2 aromatic carbocycles. The van der Waals surface area contributed by atoms with Crippen molar-refractivity contribution in [1.82, 2.24) is 5.43 Å². The molecule has 244 valence electrons. The lowest BCUT2D eigenvalue weighted by atomic mass is 9.91. The van der Waals surface area contributed by atoms with E-state index in [2.05, 4.69) is 76.7 Å². The van der Waals surface area contributed by atoms with Gasteiger partial charge >= 0.3 is 12.3 Å². The molecule has 0 radical (unpaired) electrons. The van der Waals surface area contributed by atoms with E-state index in [0.29, 0.717) is 22.9 Å². The average molecular weight is 625 g/mol. The fourth-order valence-electron chi connectivity index (χ4n) is 4.63. The number of para-hydroxylation sites is 1. The molecule has 0 saturated heterocycles. The fraction of sp³-hybridized carbons (Fsp3) is 0.438. The van der Waals surface area contributed by atoms with Gasteiger partial charge in [-0.25, -0.2) is 10.8 Å². The van der Waals surface area contributed by atoms with Crippen molar-refractivity contribution < 1.29 is 29.5 Å². The number of alkyl halides is 5. The topological polar surface area (TPSA) is 96.1 Å². The van der Waals surface area contributed by atoms with Gasteiger partial charge in [-0.2, -0.15) is 27.1 Å². The molecule has 1 fully saturated rings. The Morgan fingerprint density at radius 1 is 1.16 bits per heavy atom. The standard InChI is InChI=1S/C17H18F5N3O.C15H23N3.2H2/c1-11-3-5-12(6-4-11)15(23-2)25-24-13-7-9-14(10-8-13)26-17(21,22)16(18,19)20;1-4-11-7-6-8-12(15(3)9-10-15)14(11)17-13(5-2)18-16;;/h5,7-11,24H,2-4,6H2,1H3;5-8,17-18H,4,9-10,16H2,1-3H3;2*1H/b25-15-;13-5+;;. The molecule has 5 N–H and O–H groups in total. The summed E-state index contributed by atoms with van der Waals surface area (Å²) in [6.07, 6.45) is -0.733. The number of anilines is 2. The second-order valence-electron chi connectivity index (χ2n) is 11.2. The van der Waals surface area contributed by atoms with Crippen molar-refractivity contribution in [3.8, 4) is 5.75 Å². The summed E-state index contributed by atoms with van der Waals surface area (Å²) < 4.78 is 65.8. The zero-order valence-corrected chi connectivity index (χ0v) is 25.5. The molecule has 7 nitrogen and oxygen atoms in total. The Kier molecular flexibility index (Phi) is 11.5. The van der Waals surface area contributed by atoms with E-state index in [0.717, 1.165) is 49.2 Å². The van der Waals surface area contributed by atoms with Crippen molar-refractivity contribution in [3.05, 3.63) is 77.1 Å². The summed E-state index contributed by atoms with van der Waals surface area (Å²) in [6, 6.07) is 11.1. The molecular formula is C32H45F5N6O. The number of rotatable bonds is 10. The van der Waals surface area contributed by atoms with Crippen LogP contribution in [0.5, 0.6) is 5.75 Å². The molecule has 1 saturated carbocycles. The van der Waals surface area contributed by atoms with Crippen molar-refractivity contribution in [2.45, 2.75) is 83.9 Å². The minimum absolute atomic E-state index is 0. The lowest BCUT2D eigenvalue weighted by Gasteiger charge is -2.21. The number of allylic oxidation sites excluding steroid dienone is 2. The molecule has 0 spiro atoms. The quantitative estimate of drug-likeness (QED) is 0.0696. The first-order valence-corrected chi connectivity index (χ1v) is 14.5. The van der Waals surface area contributed by atoms with E-state index in [1.165, 1.54) is 41.8 Å². The Morgan fingerprint density at radius 3 is 2.34 bits per heavy atom. The predicted octanol–water partition coefficient (Wildman–Crippen LogP) is 8.92. The van der Waals surface area contributed by atoms with Crippen LogP contribution in [0.15, 0.2) is 76.1 Å². The Labute approximate surface area is 258 Å². The summed E-state index contributed by atoms with van der Waals surface area (Å²) in [5.41, 5.74) is 11.0. The number of nitrogens with two attached hydrogens (primary N) is 1. The van der Waals surface area contributed by atoms with Crippen molar-refractivity contribution >= 4 is 23.9 Å². The lowest BCUT2D eigenvalue weighted by molar-refractivity contribution is -0.360. The molecule has 1 unspecified atom stereocenters. The van der Waals surface area contributed by atoms with E-state index in [1.807, 2.05) is 19.1 Å². The third-order valence-corrected chi connectivity index (χ3v) is 7.72. The molecule has 44 heavy (non-hydrogen) atoms. The van der Waals surface area contributed by atoms with Crippen molar-refractivity contribution in [2.75, 3.05) is 10.7 Å². The number of hydrazone groups is 1.